The number of rotatable bonds is 2. The highest BCUT2D eigenvalue weighted by atomic mass is 16.2. The van der Waals surface area contributed by atoms with Crippen LogP contribution in [-0.4, -0.2) is 23.9 Å². The van der Waals surface area contributed by atoms with Crippen LogP contribution in [0.1, 0.15) is 36.5 Å². The van der Waals surface area contributed by atoms with Gasteiger partial charge in [0.05, 0.1) is 5.56 Å². The van der Waals surface area contributed by atoms with Crippen molar-refractivity contribution in [1.82, 2.24) is 4.90 Å². The van der Waals surface area contributed by atoms with Gasteiger partial charge < -0.3 is 10.6 Å². The van der Waals surface area contributed by atoms with Crippen molar-refractivity contribution in [2.24, 2.45) is 5.92 Å². The summed E-state index contributed by atoms with van der Waals surface area (Å²) in [7, 11) is 0. The van der Waals surface area contributed by atoms with Crippen molar-refractivity contribution >= 4 is 11.6 Å². The van der Waals surface area contributed by atoms with Crippen molar-refractivity contribution in [3.05, 3.63) is 29.8 Å². The molecule has 1 aromatic carbocycles. The van der Waals surface area contributed by atoms with E-state index in [-0.39, 0.29) is 5.91 Å². The third-order valence-electron chi connectivity index (χ3n) is 3.57. The summed E-state index contributed by atoms with van der Waals surface area (Å²) in [5, 5.41) is 0. The molecule has 0 aromatic heterocycles. The molecule has 1 amide bonds. The van der Waals surface area contributed by atoms with Crippen molar-refractivity contribution < 1.29 is 4.79 Å². The number of nitrogens with two attached hydrogens (primary N) is 1. The van der Waals surface area contributed by atoms with Crippen molar-refractivity contribution in [2.45, 2.75) is 26.2 Å². The Morgan fingerprint density at radius 2 is 2.24 bits per heavy atom. The molecule has 0 aliphatic carbocycles. The van der Waals surface area contributed by atoms with Gasteiger partial charge >= 0.3 is 0 Å². The molecule has 3 heteroatoms. The summed E-state index contributed by atoms with van der Waals surface area (Å²) in [6, 6.07) is 7.32. The van der Waals surface area contributed by atoms with E-state index in [4.69, 9.17) is 5.73 Å². The van der Waals surface area contributed by atoms with Gasteiger partial charge in [-0.25, -0.2) is 0 Å². The number of likely N-dealkylation sites (tertiary alicyclic amines) is 1. The second-order valence-corrected chi connectivity index (χ2v) is 4.75. The summed E-state index contributed by atoms with van der Waals surface area (Å²) in [4.78, 5) is 14.3. The van der Waals surface area contributed by atoms with Gasteiger partial charge in [0.15, 0.2) is 0 Å². The van der Waals surface area contributed by atoms with Gasteiger partial charge in [0, 0.05) is 18.8 Å². The maximum Gasteiger partial charge on any atom is 0.255 e. The zero-order chi connectivity index (χ0) is 12.3. The lowest BCUT2D eigenvalue weighted by molar-refractivity contribution is 0.0672. The third-order valence-corrected chi connectivity index (χ3v) is 3.57. The van der Waals surface area contributed by atoms with Gasteiger partial charge in [0.1, 0.15) is 0 Å². The van der Waals surface area contributed by atoms with Crippen molar-refractivity contribution in [3.8, 4) is 0 Å². The number of piperidine rings is 1. The number of carbonyl (C=O) groups is 1. The minimum absolute atomic E-state index is 0.0845. The van der Waals surface area contributed by atoms with Gasteiger partial charge in [0.2, 0.25) is 0 Å². The smallest absolute Gasteiger partial charge is 0.255 e. The van der Waals surface area contributed by atoms with Crippen LogP contribution in [0.25, 0.3) is 0 Å². The van der Waals surface area contributed by atoms with E-state index < -0.39 is 0 Å². The first-order valence-corrected chi connectivity index (χ1v) is 6.36. The van der Waals surface area contributed by atoms with E-state index in [2.05, 4.69) is 6.92 Å². The predicted octanol–water partition coefficient (Wildman–Crippen LogP) is 2.53. The molecular weight excluding hydrogens is 212 g/mol. The molecule has 1 heterocycles. The lowest BCUT2D eigenvalue weighted by atomic mass is 9.95. The number of carbonyl (C=O) groups excluding carboxylic acids is 1. The maximum absolute atomic E-state index is 12.3. The molecule has 0 saturated carbocycles. The second-order valence-electron chi connectivity index (χ2n) is 4.75. The van der Waals surface area contributed by atoms with E-state index >= 15 is 0 Å². The van der Waals surface area contributed by atoms with Gasteiger partial charge in [-0.1, -0.05) is 25.5 Å². The number of nitrogens with zero attached hydrogens (tertiary/aromatic N) is 1. The molecular formula is C14H20N2O. The lowest BCUT2D eigenvalue weighted by Crippen LogP contribution is -2.40. The Bertz CT molecular complexity index is 403. The molecule has 1 saturated heterocycles. The van der Waals surface area contributed by atoms with Crippen molar-refractivity contribution in [1.29, 1.82) is 0 Å². The van der Waals surface area contributed by atoms with Crippen LogP contribution >= 0.6 is 0 Å². The van der Waals surface area contributed by atoms with E-state index in [0.717, 1.165) is 25.9 Å². The molecule has 0 radical (unpaired) electrons. The van der Waals surface area contributed by atoms with E-state index in [1.807, 2.05) is 23.1 Å². The minimum Gasteiger partial charge on any atom is -0.398 e. The quantitative estimate of drug-likeness (QED) is 0.796. The zero-order valence-electron chi connectivity index (χ0n) is 10.4. The van der Waals surface area contributed by atoms with Gasteiger partial charge in [-0.3, -0.25) is 4.79 Å². The fraction of sp³-hybridized carbons (Fsp3) is 0.500. The molecule has 0 bridgehead atoms. The molecule has 1 fully saturated rings. The molecule has 1 unspecified atom stereocenters. The summed E-state index contributed by atoms with van der Waals surface area (Å²) in [5.41, 5.74) is 7.07. The highest BCUT2D eigenvalue weighted by molar-refractivity contribution is 5.99. The van der Waals surface area contributed by atoms with Crippen molar-refractivity contribution in [2.75, 3.05) is 18.8 Å². The first-order chi connectivity index (χ1) is 8.22. The number of amides is 1. The van der Waals surface area contributed by atoms with E-state index in [1.165, 1.54) is 6.42 Å². The van der Waals surface area contributed by atoms with Crippen LogP contribution in [-0.2, 0) is 0 Å². The minimum atomic E-state index is 0.0845. The molecule has 1 aromatic rings. The fourth-order valence-corrected chi connectivity index (χ4v) is 2.44. The van der Waals surface area contributed by atoms with Crippen LogP contribution in [0.3, 0.4) is 0 Å². The predicted molar refractivity (Wildman–Crippen MR) is 69.8 cm³/mol. The summed E-state index contributed by atoms with van der Waals surface area (Å²) >= 11 is 0. The van der Waals surface area contributed by atoms with Crippen LogP contribution in [0.4, 0.5) is 5.69 Å². The average Bonchev–Trinajstić information content (AvgIpc) is 2.38. The van der Waals surface area contributed by atoms with Crippen LogP contribution in [0.15, 0.2) is 24.3 Å². The Labute approximate surface area is 103 Å². The molecule has 2 N–H and O–H groups in total. The Hall–Kier alpha value is -1.51. The maximum atomic E-state index is 12.3. The first-order valence-electron chi connectivity index (χ1n) is 6.36. The van der Waals surface area contributed by atoms with Crippen LogP contribution in [0.5, 0.6) is 0 Å². The number of hydrogen-bond acceptors (Lipinski definition) is 2. The first kappa shape index (κ1) is 12.0. The number of benzene rings is 1. The molecule has 1 atom stereocenters. The standard InChI is InChI=1S/C14H20N2O/c1-2-11-6-5-9-16(10-11)14(17)12-7-3-4-8-13(12)15/h3-4,7-8,11H,2,5-6,9-10,15H2,1H3. The van der Waals surface area contributed by atoms with Gasteiger partial charge in [-0.15, -0.1) is 0 Å². The summed E-state index contributed by atoms with van der Waals surface area (Å²) in [6.07, 6.45) is 3.50. The highest BCUT2D eigenvalue weighted by Crippen LogP contribution is 2.22. The van der Waals surface area contributed by atoms with Gasteiger partial charge in [0.25, 0.3) is 5.91 Å². The van der Waals surface area contributed by atoms with Gasteiger partial charge in [-0.2, -0.15) is 0 Å². The molecule has 0 spiro atoms. The lowest BCUT2D eigenvalue weighted by Gasteiger charge is -2.32. The Morgan fingerprint density at radius 3 is 2.94 bits per heavy atom. The Morgan fingerprint density at radius 1 is 1.47 bits per heavy atom. The van der Waals surface area contributed by atoms with E-state index in [9.17, 15) is 4.79 Å². The molecule has 3 nitrogen and oxygen atoms in total. The third kappa shape index (κ3) is 2.60. The van der Waals surface area contributed by atoms with Crippen LogP contribution in [0, 0.1) is 5.92 Å². The molecule has 1 aliphatic heterocycles. The molecule has 92 valence electrons. The highest BCUT2D eigenvalue weighted by Gasteiger charge is 2.24. The second kappa shape index (κ2) is 5.21. The monoisotopic (exact) mass is 232 g/mol. The Kier molecular flexibility index (Phi) is 3.67. The fourth-order valence-electron chi connectivity index (χ4n) is 2.44. The van der Waals surface area contributed by atoms with Crippen LogP contribution in [0.2, 0.25) is 0 Å². The summed E-state index contributed by atoms with van der Waals surface area (Å²) in [5.74, 6) is 0.735. The zero-order valence-corrected chi connectivity index (χ0v) is 10.4. The van der Waals surface area contributed by atoms with Crippen LogP contribution < -0.4 is 5.73 Å². The molecule has 2 rings (SSSR count). The van der Waals surface area contributed by atoms with E-state index in [0.29, 0.717) is 17.2 Å². The normalized spacial score (nSPS) is 20.3. The molecule has 17 heavy (non-hydrogen) atoms. The largest absolute Gasteiger partial charge is 0.398 e. The van der Waals surface area contributed by atoms with Crippen molar-refractivity contribution in [3.63, 3.8) is 0 Å². The number of nitrogen functional groups attached to an aromatic ring is 1. The van der Waals surface area contributed by atoms with Gasteiger partial charge in [-0.05, 0) is 30.9 Å². The number of hydrogen-bond donors (Lipinski definition) is 1. The van der Waals surface area contributed by atoms with E-state index in [1.54, 1.807) is 6.07 Å². The molecule has 1 aliphatic rings. The SMILES string of the molecule is CCC1CCCN(C(=O)c2ccccc2N)C1. The number of anilines is 1. The Balaban J connectivity index is 2.12. The number of para-hydroxylation sites is 1. The topological polar surface area (TPSA) is 46.3 Å². The average molecular weight is 232 g/mol. The summed E-state index contributed by atoms with van der Waals surface area (Å²) in [6.45, 7) is 3.93. The summed E-state index contributed by atoms with van der Waals surface area (Å²) < 4.78 is 0.